The van der Waals surface area contributed by atoms with Gasteiger partial charge in [0.1, 0.15) is 12.7 Å². The average Bonchev–Trinajstić information content (AvgIpc) is 2.56. The third-order valence-corrected chi connectivity index (χ3v) is 1.79. The SMILES string of the molecule is Sc1cccc(-n2cncn2)c1.[Ag+]. The first-order valence-electron chi connectivity index (χ1n) is 3.50. The number of rotatable bonds is 1. The smallest absolute Gasteiger partial charge is 0.223 e. The predicted molar refractivity (Wildman–Crippen MR) is 48.6 cm³/mol. The van der Waals surface area contributed by atoms with Crippen LogP contribution in [0, 0.1) is 0 Å². The van der Waals surface area contributed by atoms with Gasteiger partial charge in [0.05, 0.1) is 5.69 Å². The molecule has 0 atom stereocenters. The number of thiol groups is 1. The standard InChI is InChI=1S/C8H7N3S.Ag/c12-8-3-1-2-7(4-8)11-6-9-5-10-11;/h1-6,12H;/q;+1. The second kappa shape index (κ2) is 4.62. The van der Waals surface area contributed by atoms with E-state index in [0.717, 1.165) is 10.6 Å². The molecule has 0 amide bonds. The number of benzene rings is 1. The van der Waals surface area contributed by atoms with Crippen LogP contribution >= 0.6 is 12.6 Å². The van der Waals surface area contributed by atoms with Gasteiger partial charge in [0.2, 0.25) is 0 Å². The van der Waals surface area contributed by atoms with Gasteiger partial charge in [-0.1, -0.05) is 6.07 Å². The predicted octanol–water partition coefficient (Wildman–Crippen LogP) is 1.55. The quantitative estimate of drug-likeness (QED) is 0.636. The van der Waals surface area contributed by atoms with Gasteiger partial charge in [0.15, 0.2) is 0 Å². The Kier molecular flexibility index (Phi) is 3.74. The molecule has 0 fully saturated rings. The fourth-order valence-electron chi connectivity index (χ4n) is 0.977. The van der Waals surface area contributed by atoms with Crippen LogP contribution in [0.2, 0.25) is 0 Å². The Labute approximate surface area is 97.1 Å². The largest absolute Gasteiger partial charge is 1.00 e. The summed E-state index contributed by atoms with van der Waals surface area (Å²) in [6, 6.07) is 7.73. The number of aromatic nitrogens is 3. The summed E-state index contributed by atoms with van der Waals surface area (Å²) < 4.78 is 1.69. The second-order valence-electron chi connectivity index (χ2n) is 2.36. The third-order valence-electron chi connectivity index (χ3n) is 1.51. The Morgan fingerprint density at radius 1 is 1.31 bits per heavy atom. The van der Waals surface area contributed by atoms with Crippen LogP contribution in [0.25, 0.3) is 5.69 Å². The van der Waals surface area contributed by atoms with Gasteiger partial charge in [-0.05, 0) is 18.2 Å². The van der Waals surface area contributed by atoms with E-state index in [0.29, 0.717) is 0 Å². The zero-order chi connectivity index (χ0) is 8.39. The van der Waals surface area contributed by atoms with Crippen molar-refractivity contribution in [3.8, 4) is 5.69 Å². The summed E-state index contributed by atoms with van der Waals surface area (Å²) in [6.07, 6.45) is 3.16. The number of hydrogen-bond acceptors (Lipinski definition) is 3. The van der Waals surface area contributed by atoms with Gasteiger partial charge in [0.25, 0.3) is 0 Å². The minimum absolute atomic E-state index is 0. The van der Waals surface area contributed by atoms with Crippen LogP contribution in [0.1, 0.15) is 0 Å². The summed E-state index contributed by atoms with van der Waals surface area (Å²) in [7, 11) is 0. The molecule has 70 valence electrons. The van der Waals surface area contributed by atoms with Crippen molar-refractivity contribution in [2.75, 3.05) is 0 Å². The molecule has 0 saturated heterocycles. The van der Waals surface area contributed by atoms with Crippen molar-refractivity contribution < 1.29 is 22.4 Å². The van der Waals surface area contributed by atoms with Gasteiger partial charge in [0, 0.05) is 4.90 Å². The molecule has 5 heteroatoms. The van der Waals surface area contributed by atoms with Crippen molar-refractivity contribution in [2.45, 2.75) is 4.90 Å². The van der Waals surface area contributed by atoms with E-state index < -0.39 is 0 Å². The van der Waals surface area contributed by atoms with E-state index >= 15 is 0 Å². The molecule has 0 unspecified atom stereocenters. The first-order chi connectivity index (χ1) is 5.86. The first-order valence-corrected chi connectivity index (χ1v) is 3.95. The average molecular weight is 285 g/mol. The van der Waals surface area contributed by atoms with Crippen LogP contribution in [-0.2, 0) is 22.4 Å². The van der Waals surface area contributed by atoms with E-state index in [9.17, 15) is 0 Å². The van der Waals surface area contributed by atoms with Crippen molar-refractivity contribution in [2.24, 2.45) is 0 Å². The van der Waals surface area contributed by atoms with Crippen LogP contribution in [-0.4, -0.2) is 14.8 Å². The van der Waals surface area contributed by atoms with E-state index in [2.05, 4.69) is 22.7 Å². The van der Waals surface area contributed by atoms with E-state index in [1.807, 2.05) is 24.3 Å². The molecule has 2 aromatic rings. The normalized spacial score (nSPS) is 9.31. The van der Waals surface area contributed by atoms with Gasteiger partial charge < -0.3 is 0 Å². The molecular weight excluding hydrogens is 278 g/mol. The minimum Gasteiger partial charge on any atom is -0.223 e. The second-order valence-corrected chi connectivity index (χ2v) is 2.88. The van der Waals surface area contributed by atoms with Crippen molar-refractivity contribution in [1.82, 2.24) is 14.8 Å². The molecule has 0 radical (unpaired) electrons. The van der Waals surface area contributed by atoms with E-state index in [4.69, 9.17) is 0 Å². The fraction of sp³-hybridized carbons (Fsp3) is 0. The molecule has 0 spiro atoms. The summed E-state index contributed by atoms with van der Waals surface area (Å²) in [5.41, 5.74) is 0.972. The Bertz CT molecular complexity index is 375. The monoisotopic (exact) mass is 284 g/mol. The molecule has 2 rings (SSSR count). The Morgan fingerprint density at radius 3 is 2.77 bits per heavy atom. The van der Waals surface area contributed by atoms with Gasteiger partial charge in [-0.15, -0.1) is 12.6 Å². The van der Waals surface area contributed by atoms with Gasteiger partial charge >= 0.3 is 22.4 Å². The van der Waals surface area contributed by atoms with Crippen LogP contribution in [0.5, 0.6) is 0 Å². The van der Waals surface area contributed by atoms with Gasteiger partial charge in [-0.25, -0.2) is 9.67 Å². The summed E-state index contributed by atoms with van der Waals surface area (Å²) in [5, 5.41) is 4.00. The van der Waals surface area contributed by atoms with E-state index in [1.165, 1.54) is 6.33 Å². The molecule has 1 heterocycles. The van der Waals surface area contributed by atoms with Crippen LogP contribution < -0.4 is 0 Å². The molecule has 1 aromatic heterocycles. The van der Waals surface area contributed by atoms with Crippen molar-refractivity contribution in [1.29, 1.82) is 0 Å². The first kappa shape index (κ1) is 10.5. The molecular formula is C8H7AgN3S+. The molecule has 0 aliphatic heterocycles. The molecule has 0 N–H and O–H groups in total. The maximum Gasteiger partial charge on any atom is 1.00 e. The Hall–Kier alpha value is -0.550. The Balaban J connectivity index is 0.000000845. The van der Waals surface area contributed by atoms with Crippen LogP contribution in [0.3, 0.4) is 0 Å². The molecule has 0 aliphatic carbocycles. The molecule has 0 bridgehead atoms. The topological polar surface area (TPSA) is 30.7 Å². The fourth-order valence-corrected chi connectivity index (χ4v) is 1.20. The van der Waals surface area contributed by atoms with Crippen molar-refractivity contribution in [3.63, 3.8) is 0 Å². The zero-order valence-electron chi connectivity index (χ0n) is 6.55. The number of nitrogens with zero attached hydrogens (tertiary/aromatic N) is 3. The molecule has 3 nitrogen and oxygen atoms in total. The molecule has 13 heavy (non-hydrogen) atoms. The van der Waals surface area contributed by atoms with E-state index in [1.54, 1.807) is 11.0 Å². The summed E-state index contributed by atoms with van der Waals surface area (Å²) in [4.78, 5) is 4.77. The number of hydrogen-bond donors (Lipinski definition) is 1. The van der Waals surface area contributed by atoms with Crippen LogP contribution in [0.4, 0.5) is 0 Å². The van der Waals surface area contributed by atoms with Crippen molar-refractivity contribution >= 4 is 12.6 Å². The van der Waals surface area contributed by atoms with Gasteiger partial charge in [-0.3, -0.25) is 0 Å². The summed E-state index contributed by atoms with van der Waals surface area (Å²) >= 11 is 4.22. The molecule has 1 aromatic carbocycles. The Morgan fingerprint density at radius 2 is 2.15 bits per heavy atom. The zero-order valence-corrected chi connectivity index (χ0v) is 8.93. The molecule has 0 aliphatic rings. The summed E-state index contributed by atoms with van der Waals surface area (Å²) in [6.45, 7) is 0. The van der Waals surface area contributed by atoms with Crippen molar-refractivity contribution in [3.05, 3.63) is 36.9 Å². The maximum atomic E-state index is 4.22. The maximum absolute atomic E-state index is 4.22. The molecule has 0 saturated carbocycles. The van der Waals surface area contributed by atoms with E-state index in [-0.39, 0.29) is 22.4 Å². The third kappa shape index (κ3) is 2.45. The van der Waals surface area contributed by atoms with Crippen LogP contribution in [0.15, 0.2) is 41.8 Å². The summed E-state index contributed by atoms with van der Waals surface area (Å²) in [5.74, 6) is 0. The van der Waals surface area contributed by atoms with Gasteiger partial charge in [-0.2, -0.15) is 5.10 Å². The minimum atomic E-state index is 0.